The summed E-state index contributed by atoms with van der Waals surface area (Å²) in [5.74, 6) is -1.92. The molecule has 28 heavy (non-hydrogen) atoms. The Labute approximate surface area is 160 Å². The Kier molecular flexibility index (Phi) is 6.29. The van der Waals surface area contributed by atoms with E-state index in [-0.39, 0.29) is 34.7 Å². The van der Waals surface area contributed by atoms with Crippen molar-refractivity contribution in [1.29, 1.82) is 0 Å². The van der Waals surface area contributed by atoms with Gasteiger partial charge in [-0.05, 0) is 39.3 Å². The molecular formula is C19H20N2O7. The lowest BCUT2D eigenvalue weighted by Crippen LogP contribution is -2.16. The Balaban J connectivity index is 2.17. The van der Waals surface area contributed by atoms with Crippen LogP contribution in [0.25, 0.3) is 0 Å². The van der Waals surface area contributed by atoms with Crippen LogP contribution in [-0.4, -0.2) is 40.8 Å². The molecule has 0 radical (unpaired) electrons. The van der Waals surface area contributed by atoms with Crippen molar-refractivity contribution < 1.29 is 28.8 Å². The van der Waals surface area contributed by atoms with Gasteiger partial charge in [0, 0.05) is 22.9 Å². The molecule has 1 aromatic heterocycles. The molecule has 0 aliphatic rings. The van der Waals surface area contributed by atoms with Crippen LogP contribution >= 0.6 is 0 Å². The molecule has 0 aliphatic heterocycles. The van der Waals surface area contributed by atoms with Crippen molar-refractivity contribution in [2.45, 2.75) is 27.7 Å². The number of aryl methyl sites for hydroxylation is 1. The summed E-state index contributed by atoms with van der Waals surface area (Å²) in [7, 11) is 0. The van der Waals surface area contributed by atoms with E-state index in [0.29, 0.717) is 11.3 Å². The van der Waals surface area contributed by atoms with E-state index in [0.717, 1.165) is 0 Å². The van der Waals surface area contributed by atoms with Gasteiger partial charge in [0.05, 0.1) is 17.1 Å². The van der Waals surface area contributed by atoms with Crippen LogP contribution in [0.2, 0.25) is 0 Å². The van der Waals surface area contributed by atoms with E-state index in [2.05, 4.69) is 4.98 Å². The molecule has 1 aromatic carbocycles. The van der Waals surface area contributed by atoms with Crippen molar-refractivity contribution in [3.05, 3.63) is 62.0 Å². The number of nitro benzene ring substituents is 1. The van der Waals surface area contributed by atoms with E-state index >= 15 is 0 Å². The third kappa shape index (κ3) is 4.08. The number of aromatic amines is 1. The van der Waals surface area contributed by atoms with E-state index in [1.54, 1.807) is 20.8 Å². The topological polar surface area (TPSA) is 129 Å². The summed E-state index contributed by atoms with van der Waals surface area (Å²) < 4.78 is 9.98. The van der Waals surface area contributed by atoms with E-state index in [1.807, 2.05) is 0 Å². The van der Waals surface area contributed by atoms with Crippen LogP contribution in [0.1, 0.15) is 54.9 Å². The van der Waals surface area contributed by atoms with Crippen molar-refractivity contribution in [1.82, 2.24) is 4.98 Å². The monoisotopic (exact) mass is 388 g/mol. The maximum Gasteiger partial charge on any atom is 0.355 e. The lowest BCUT2D eigenvalue weighted by atomic mass is 10.1. The molecule has 2 aromatic rings. The van der Waals surface area contributed by atoms with Gasteiger partial charge in [0.15, 0.2) is 6.61 Å². The maximum absolute atomic E-state index is 12.5. The quantitative estimate of drug-likeness (QED) is 0.334. The minimum Gasteiger partial charge on any atom is -0.461 e. The number of nitro groups is 1. The van der Waals surface area contributed by atoms with Gasteiger partial charge in [-0.3, -0.25) is 14.9 Å². The van der Waals surface area contributed by atoms with Crippen LogP contribution in [0.5, 0.6) is 0 Å². The second-order valence-corrected chi connectivity index (χ2v) is 6.05. The lowest BCUT2D eigenvalue weighted by molar-refractivity contribution is -0.385. The maximum atomic E-state index is 12.5. The van der Waals surface area contributed by atoms with Gasteiger partial charge in [0.2, 0.25) is 5.78 Å². The summed E-state index contributed by atoms with van der Waals surface area (Å²) in [6, 6.07) is 4.04. The Bertz CT molecular complexity index is 959. The van der Waals surface area contributed by atoms with Gasteiger partial charge < -0.3 is 14.5 Å². The lowest BCUT2D eigenvalue weighted by Gasteiger charge is -2.07. The van der Waals surface area contributed by atoms with Crippen LogP contribution < -0.4 is 0 Å². The van der Waals surface area contributed by atoms with Crippen LogP contribution in [-0.2, 0) is 9.47 Å². The highest BCUT2D eigenvalue weighted by atomic mass is 16.6. The van der Waals surface area contributed by atoms with Crippen LogP contribution in [0, 0.1) is 30.9 Å². The minimum atomic E-state index is -0.842. The molecule has 1 heterocycles. The molecule has 2 rings (SSSR count). The second-order valence-electron chi connectivity index (χ2n) is 6.05. The largest absolute Gasteiger partial charge is 0.461 e. The zero-order chi connectivity index (χ0) is 21.0. The van der Waals surface area contributed by atoms with Crippen LogP contribution in [0.3, 0.4) is 0 Å². The summed E-state index contributed by atoms with van der Waals surface area (Å²) in [6.07, 6.45) is 0. The van der Waals surface area contributed by atoms with E-state index < -0.39 is 29.3 Å². The summed E-state index contributed by atoms with van der Waals surface area (Å²) in [5, 5.41) is 11.0. The van der Waals surface area contributed by atoms with Gasteiger partial charge in [0.1, 0.15) is 5.69 Å². The first kappa shape index (κ1) is 20.8. The molecular weight excluding hydrogens is 368 g/mol. The standard InChI is InChI=1S/C19H20N2O7/c1-5-27-19(24)17-11(3)16(12(4)20-17)15(22)9-28-18(23)13-7-6-8-14(10(13)2)21(25)26/h6-8,20H,5,9H2,1-4H3. The van der Waals surface area contributed by atoms with E-state index in [1.165, 1.54) is 25.1 Å². The van der Waals surface area contributed by atoms with E-state index in [4.69, 9.17) is 9.47 Å². The molecule has 0 saturated heterocycles. The number of H-pyrrole nitrogens is 1. The molecule has 0 amide bonds. The number of benzene rings is 1. The van der Waals surface area contributed by atoms with Crippen molar-refractivity contribution >= 4 is 23.4 Å². The minimum absolute atomic E-state index is 0.0109. The van der Waals surface area contributed by atoms with Gasteiger partial charge in [-0.2, -0.15) is 0 Å². The summed E-state index contributed by atoms with van der Waals surface area (Å²) in [6.45, 7) is 5.95. The average Bonchev–Trinajstić information content (AvgIpc) is 2.94. The Morgan fingerprint density at radius 2 is 1.75 bits per heavy atom. The number of nitrogens with zero attached hydrogens (tertiary/aromatic N) is 1. The summed E-state index contributed by atoms with van der Waals surface area (Å²) in [5.41, 5.74) is 1.23. The molecule has 0 bridgehead atoms. The number of carbonyl (C=O) groups is 3. The smallest absolute Gasteiger partial charge is 0.355 e. The normalized spacial score (nSPS) is 10.4. The number of ketones is 1. The first-order valence-corrected chi connectivity index (χ1v) is 8.49. The van der Waals surface area contributed by atoms with Crippen LogP contribution in [0.4, 0.5) is 5.69 Å². The zero-order valence-corrected chi connectivity index (χ0v) is 16.0. The number of aromatic nitrogens is 1. The van der Waals surface area contributed by atoms with Gasteiger partial charge in [0.25, 0.3) is 5.69 Å². The summed E-state index contributed by atoms with van der Waals surface area (Å²) in [4.78, 5) is 49.9. The first-order chi connectivity index (χ1) is 13.2. The molecule has 0 spiro atoms. The van der Waals surface area contributed by atoms with Gasteiger partial charge in [-0.1, -0.05) is 6.07 Å². The molecule has 0 unspecified atom stereocenters. The van der Waals surface area contributed by atoms with Crippen molar-refractivity contribution in [2.24, 2.45) is 0 Å². The Morgan fingerprint density at radius 1 is 1.07 bits per heavy atom. The number of ether oxygens (including phenoxy) is 2. The highest BCUT2D eigenvalue weighted by Gasteiger charge is 2.24. The number of Topliss-reactive ketones (excluding diaryl/α,β-unsaturated/α-hetero) is 1. The molecule has 148 valence electrons. The zero-order valence-electron chi connectivity index (χ0n) is 16.0. The van der Waals surface area contributed by atoms with Gasteiger partial charge >= 0.3 is 11.9 Å². The molecule has 9 heteroatoms. The molecule has 1 N–H and O–H groups in total. The van der Waals surface area contributed by atoms with E-state index in [9.17, 15) is 24.5 Å². The highest BCUT2D eigenvalue weighted by Crippen LogP contribution is 2.23. The molecule has 0 atom stereocenters. The number of hydrogen-bond donors (Lipinski definition) is 1. The number of hydrogen-bond acceptors (Lipinski definition) is 7. The first-order valence-electron chi connectivity index (χ1n) is 8.49. The number of rotatable bonds is 7. The molecule has 0 aliphatic carbocycles. The molecule has 0 saturated carbocycles. The number of nitrogens with one attached hydrogen (secondary N) is 1. The van der Waals surface area contributed by atoms with Gasteiger partial charge in [-0.25, -0.2) is 9.59 Å². The fourth-order valence-electron chi connectivity index (χ4n) is 2.90. The second kappa shape index (κ2) is 8.47. The predicted octanol–water partition coefficient (Wildman–Crippen LogP) is 3.06. The van der Waals surface area contributed by atoms with Crippen molar-refractivity contribution in [2.75, 3.05) is 13.2 Å². The fraction of sp³-hybridized carbons (Fsp3) is 0.316. The Morgan fingerprint density at radius 3 is 2.36 bits per heavy atom. The fourth-order valence-corrected chi connectivity index (χ4v) is 2.90. The Hall–Kier alpha value is -3.49. The summed E-state index contributed by atoms with van der Waals surface area (Å²) >= 11 is 0. The highest BCUT2D eigenvalue weighted by molar-refractivity contribution is 6.04. The molecule has 0 fully saturated rings. The third-order valence-electron chi connectivity index (χ3n) is 4.25. The number of carbonyl (C=O) groups excluding carboxylic acids is 3. The third-order valence-corrected chi connectivity index (χ3v) is 4.25. The van der Waals surface area contributed by atoms with Gasteiger partial charge in [-0.15, -0.1) is 0 Å². The van der Waals surface area contributed by atoms with Crippen LogP contribution in [0.15, 0.2) is 18.2 Å². The van der Waals surface area contributed by atoms with Crippen molar-refractivity contribution in [3.8, 4) is 0 Å². The SMILES string of the molecule is CCOC(=O)c1[nH]c(C)c(C(=O)COC(=O)c2cccc([N+](=O)[O-])c2C)c1C. The van der Waals surface area contributed by atoms with Crippen molar-refractivity contribution in [3.63, 3.8) is 0 Å². The predicted molar refractivity (Wildman–Crippen MR) is 98.7 cm³/mol. The molecule has 9 nitrogen and oxygen atoms in total. The number of esters is 2. The average molecular weight is 388 g/mol.